The Balaban J connectivity index is 2.24. The topological polar surface area (TPSA) is 74.8 Å². The molecule has 6 heteroatoms. The number of benzene rings is 1. The average molecular weight is 320 g/mol. The quantitative estimate of drug-likeness (QED) is 0.421. The Morgan fingerprint density at radius 1 is 1.17 bits per heavy atom. The van der Waals surface area contributed by atoms with Crippen LogP contribution in [0, 0.1) is 6.92 Å². The fraction of sp³-hybridized carbons (Fsp3) is 0.529. The van der Waals surface area contributed by atoms with E-state index in [4.69, 9.17) is 4.74 Å². The van der Waals surface area contributed by atoms with E-state index in [1.54, 1.807) is 7.05 Å². The normalized spacial score (nSPS) is 11.8. The number of rotatable bonds is 6. The predicted molar refractivity (Wildman–Crippen MR) is 93.9 cm³/mol. The van der Waals surface area contributed by atoms with Gasteiger partial charge in [-0.05, 0) is 39.8 Å². The highest BCUT2D eigenvalue weighted by Gasteiger charge is 2.13. The largest absolute Gasteiger partial charge is 0.492 e. The highest BCUT2D eigenvalue weighted by Crippen LogP contribution is 2.10. The minimum atomic E-state index is -0.239. The van der Waals surface area contributed by atoms with Gasteiger partial charge in [-0.3, -0.25) is 9.79 Å². The van der Waals surface area contributed by atoms with Crippen LogP contribution in [0.2, 0.25) is 0 Å². The number of aryl methyl sites for hydroxylation is 1. The minimum Gasteiger partial charge on any atom is -0.492 e. The van der Waals surface area contributed by atoms with E-state index in [-0.39, 0.29) is 18.0 Å². The molecular weight excluding hydrogens is 292 g/mol. The molecule has 1 aromatic rings. The third-order valence-corrected chi connectivity index (χ3v) is 2.84. The lowest BCUT2D eigenvalue weighted by atomic mass is 10.1. The Kier molecular flexibility index (Phi) is 7.38. The van der Waals surface area contributed by atoms with Crippen LogP contribution in [0.25, 0.3) is 0 Å². The first kappa shape index (κ1) is 18.8. The number of nitrogens with zero attached hydrogens (tertiary/aromatic N) is 1. The van der Waals surface area contributed by atoms with Crippen LogP contribution in [0.4, 0.5) is 0 Å². The third-order valence-electron chi connectivity index (χ3n) is 2.84. The van der Waals surface area contributed by atoms with Crippen LogP contribution in [0.15, 0.2) is 29.3 Å². The predicted octanol–water partition coefficient (Wildman–Crippen LogP) is 1.45. The zero-order chi connectivity index (χ0) is 17.3. The molecule has 0 bridgehead atoms. The van der Waals surface area contributed by atoms with Gasteiger partial charge in [0.2, 0.25) is 5.91 Å². The van der Waals surface area contributed by atoms with Gasteiger partial charge in [0, 0.05) is 12.6 Å². The second-order valence-corrected chi connectivity index (χ2v) is 6.31. The fourth-order valence-corrected chi connectivity index (χ4v) is 1.82. The molecule has 0 heterocycles. The van der Waals surface area contributed by atoms with Gasteiger partial charge in [-0.25, -0.2) is 0 Å². The van der Waals surface area contributed by atoms with Gasteiger partial charge in [0.1, 0.15) is 12.4 Å². The van der Waals surface area contributed by atoms with Gasteiger partial charge in [-0.15, -0.1) is 0 Å². The summed E-state index contributed by atoms with van der Waals surface area (Å²) in [6, 6.07) is 7.91. The van der Waals surface area contributed by atoms with Crippen LogP contribution in [-0.4, -0.2) is 44.1 Å². The third kappa shape index (κ3) is 8.70. The monoisotopic (exact) mass is 320 g/mol. The molecule has 128 valence electrons. The summed E-state index contributed by atoms with van der Waals surface area (Å²) < 4.78 is 5.62. The van der Waals surface area contributed by atoms with E-state index in [1.165, 1.54) is 5.56 Å². The van der Waals surface area contributed by atoms with Crippen molar-refractivity contribution in [2.24, 2.45) is 4.99 Å². The molecule has 0 saturated heterocycles. The molecule has 0 aliphatic rings. The summed E-state index contributed by atoms with van der Waals surface area (Å²) in [4.78, 5) is 15.8. The first-order valence-electron chi connectivity index (χ1n) is 7.75. The van der Waals surface area contributed by atoms with Gasteiger partial charge in [0.15, 0.2) is 5.96 Å². The molecule has 0 saturated carbocycles. The Hall–Kier alpha value is -2.24. The fourth-order valence-electron chi connectivity index (χ4n) is 1.82. The summed E-state index contributed by atoms with van der Waals surface area (Å²) >= 11 is 0. The molecule has 3 N–H and O–H groups in total. The smallest absolute Gasteiger partial charge is 0.239 e. The molecule has 23 heavy (non-hydrogen) atoms. The van der Waals surface area contributed by atoms with Gasteiger partial charge in [-0.2, -0.15) is 0 Å². The van der Waals surface area contributed by atoms with Gasteiger partial charge in [0.25, 0.3) is 0 Å². The molecule has 0 aliphatic carbocycles. The maximum absolute atomic E-state index is 11.7. The lowest BCUT2D eigenvalue weighted by Gasteiger charge is -2.21. The van der Waals surface area contributed by atoms with E-state index in [2.05, 4.69) is 20.9 Å². The number of hydrogen-bond donors (Lipinski definition) is 3. The van der Waals surface area contributed by atoms with Crippen LogP contribution in [-0.2, 0) is 4.79 Å². The second-order valence-electron chi connectivity index (χ2n) is 6.31. The van der Waals surface area contributed by atoms with Crippen molar-refractivity contribution in [3.8, 4) is 5.75 Å². The molecule has 1 aromatic carbocycles. The molecular formula is C17H28N4O2. The van der Waals surface area contributed by atoms with E-state index >= 15 is 0 Å². The van der Waals surface area contributed by atoms with Crippen LogP contribution < -0.4 is 20.7 Å². The molecule has 6 nitrogen and oxygen atoms in total. The highest BCUT2D eigenvalue weighted by atomic mass is 16.5. The molecule has 0 aromatic heterocycles. The number of amides is 1. The van der Waals surface area contributed by atoms with Gasteiger partial charge < -0.3 is 20.7 Å². The number of aliphatic imine (C=N–C) groups is 1. The summed E-state index contributed by atoms with van der Waals surface area (Å²) in [5, 5.41) is 8.96. The summed E-state index contributed by atoms with van der Waals surface area (Å²) in [6.07, 6.45) is 0. The van der Waals surface area contributed by atoms with Gasteiger partial charge in [-0.1, -0.05) is 17.7 Å². The highest BCUT2D eigenvalue weighted by molar-refractivity contribution is 5.86. The summed E-state index contributed by atoms with van der Waals surface area (Å²) in [5.74, 6) is 1.34. The number of nitrogens with one attached hydrogen (secondary N) is 3. The summed E-state index contributed by atoms with van der Waals surface area (Å²) in [7, 11) is 1.66. The Morgan fingerprint density at radius 2 is 1.83 bits per heavy atom. The van der Waals surface area contributed by atoms with Crippen molar-refractivity contribution in [2.75, 3.05) is 26.7 Å². The first-order valence-corrected chi connectivity index (χ1v) is 7.75. The molecule has 0 fully saturated rings. The minimum absolute atomic E-state index is 0.0728. The zero-order valence-electron chi connectivity index (χ0n) is 14.7. The van der Waals surface area contributed by atoms with Crippen LogP contribution in [0.3, 0.4) is 0 Å². The van der Waals surface area contributed by atoms with Gasteiger partial charge >= 0.3 is 0 Å². The molecule has 0 radical (unpaired) electrons. The Morgan fingerprint density at radius 3 is 2.39 bits per heavy atom. The molecule has 0 atom stereocenters. The SMILES string of the molecule is CN=C(NCCOc1ccc(C)cc1)NCC(=O)NC(C)(C)C. The molecule has 1 rings (SSSR count). The maximum Gasteiger partial charge on any atom is 0.239 e. The van der Waals surface area contributed by atoms with E-state index in [9.17, 15) is 4.79 Å². The van der Waals surface area contributed by atoms with Crippen molar-refractivity contribution in [1.82, 2.24) is 16.0 Å². The van der Waals surface area contributed by atoms with E-state index in [0.717, 1.165) is 5.75 Å². The van der Waals surface area contributed by atoms with E-state index < -0.39 is 0 Å². The van der Waals surface area contributed by atoms with Crippen molar-refractivity contribution >= 4 is 11.9 Å². The second kappa shape index (κ2) is 9.02. The maximum atomic E-state index is 11.7. The number of hydrogen-bond acceptors (Lipinski definition) is 3. The Labute approximate surface area is 138 Å². The molecule has 0 spiro atoms. The first-order chi connectivity index (χ1) is 10.8. The van der Waals surface area contributed by atoms with Crippen molar-refractivity contribution in [3.05, 3.63) is 29.8 Å². The van der Waals surface area contributed by atoms with Crippen molar-refractivity contribution in [1.29, 1.82) is 0 Å². The lowest BCUT2D eigenvalue weighted by Crippen LogP contribution is -2.48. The number of carbonyl (C=O) groups is 1. The summed E-state index contributed by atoms with van der Waals surface area (Å²) in [5.41, 5.74) is 0.964. The number of ether oxygens (including phenoxy) is 1. The number of guanidine groups is 1. The molecule has 0 aliphatic heterocycles. The Bertz CT molecular complexity index is 518. The number of carbonyl (C=O) groups excluding carboxylic acids is 1. The van der Waals surface area contributed by atoms with E-state index in [0.29, 0.717) is 19.1 Å². The lowest BCUT2D eigenvalue weighted by molar-refractivity contribution is -0.121. The molecule has 0 unspecified atom stereocenters. The van der Waals surface area contributed by atoms with Gasteiger partial charge in [0.05, 0.1) is 13.1 Å². The zero-order valence-corrected chi connectivity index (χ0v) is 14.7. The van der Waals surface area contributed by atoms with Crippen molar-refractivity contribution in [3.63, 3.8) is 0 Å². The standard InChI is InChI=1S/C17H28N4O2/c1-13-6-8-14(9-7-13)23-11-10-19-16(18-5)20-12-15(22)21-17(2,3)4/h6-9H,10-12H2,1-5H3,(H,21,22)(H2,18,19,20). The van der Waals surface area contributed by atoms with Crippen molar-refractivity contribution < 1.29 is 9.53 Å². The van der Waals surface area contributed by atoms with Crippen LogP contribution in [0.5, 0.6) is 5.75 Å². The molecule has 1 amide bonds. The average Bonchev–Trinajstić information content (AvgIpc) is 2.46. The van der Waals surface area contributed by atoms with Crippen LogP contribution >= 0.6 is 0 Å². The van der Waals surface area contributed by atoms with Crippen molar-refractivity contribution in [2.45, 2.75) is 33.2 Å². The van der Waals surface area contributed by atoms with E-state index in [1.807, 2.05) is 52.0 Å². The van der Waals surface area contributed by atoms with Crippen LogP contribution in [0.1, 0.15) is 26.3 Å². The summed E-state index contributed by atoms with van der Waals surface area (Å²) in [6.45, 7) is 9.15.